The van der Waals surface area contributed by atoms with Crippen LogP contribution in [0.5, 0.6) is 0 Å². The lowest BCUT2D eigenvalue weighted by molar-refractivity contribution is -0.143. The van der Waals surface area contributed by atoms with Crippen LogP contribution in [0.15, 0.2) is 0 Å². The fourth-order valence-corrected chi connectivity index (χ4v) is 2.07. The lowest BCUT2D eigenvalue weighted by atomic mass is 10.1. The molecule has 0 amide bonds. The first-order chi connectivity index (χ1) is 8.19. The summed E-state index contributed by atoms with van der Waals surface area (Å²) >= 11 is 0. The summed E-state index contributed by atoms with van der Waals surface area (Å²) < 4.78 is 10.1. The number of esters is 1. The van der Waals surface area contributed by atoms with Crippen LogP contribution in [0.25, 0.3) is 0 Å². The molecule has 1 aliphatic carbocycles. The molecule has 1 unspecified atom stereocenters. The number of hydrogen-bond donors (Lipinski definition) is 0. The molecule has 17 heavy (non-hydrogen) atoms. The second-order valence-electron chi connectivity index (χ2n) is 4.66. The van der Waals surface area contributed by atoms with Gasteiger partial charge in [-0.25, -0.2) is 0 Å². The number of carbonyl (C=O) groups excluding carboxylic acids is 1. The van der Waals surface area contributed by atoms with Crippen LogP contribution >= 0.6 is 0 Å². The van der Waals surface area contributed by atoms with E-state index in [-0.39, 0.29) is 5.97 Å². The van der Waals surface area contributed by atoms with Gasteiger partial charge in [-0.3, -0.25) is 9.69 Å². The molecule has 1 rings (SSSR count). The molecule has 1 aliphatic rings. The minimum absolute atomic E-state index is 0.0992. The number of ether oxygens (including phenoxy) is 2. The molecule has 0 heterocycles. The Hall–Kier alpha value is -0.610. The maximum atomic E-state index is 11.3. The van der Waals surface area contributed by atoms with E-state index < -0.39 is 0 Å². The third kappa shape index (κ3) is 5.50. The number of hydrogen-bond acceptors (Lipinski definition) is 4. The normalized spacial score (nSPS) is 17.2. The van der Waals surface area contributed by atoms with E-state index in [1.54, 1.807) is 7.11 Å². The maximum Gasteiger partial charge on any atom is 0.307 e. The van der Waals surface area contributed by atoms with Gasteiger partial charge in [-0.05, 0) is 32.6 Å². The number of nitrogens with zero attached hydrogens (tertiary/aromatic N) is 1. The largest absolute Gasteiger partial charge is 0.466 e. The summed E-state index contributed by atoms with van der Waals surface area (Å²) in [6.07, 6.45) is 3.13. The highest BCUT2D eigenvalue weighted by atomic mass is 16.5. The molecule has 1 saturated carbocycles. The van der Waals surface area contributed by atoms with Crippen molar-refractivity contribution in [3.8, 4) is 0 Å². The smallest absolute Gasteiger partial charge is 0.307 e. The first kappa shape index (κ1) is 14.5. The highest BCUT2D eigenvalue weighted by Crippen LogP contribution is 2.35. The SMILES string of the molecule is CCOC(=O)CCN(CCOC)C(C)C1CC1. The number of methoxy groups -OCH3 is 1. The Balaban J connectivity index is 2.31. The summed E-state index contributed by atoms with van der Waals surface area (Å²) in [6, 6.07) is 0.555. The molecule has 1 fully saturated rings. The quantitative estimate of drug-likeness (QED) is 0.578. The Morgan fingerprint density at radius 3 is 2.65 bits per heavy atom. The van der Waals surface area contributed by atoms with E-state index in [9.17, 15) is 4.79 Å². The minimum atomic E-state index is -0.0992. The predicted octanol–water partition coefficient (Wildman–Crippen LogP) is 1.69. The molecule has 4 nitrogen and oxygen atoms in total. The predicted molar refractivity (Wildman–Crippen MR) is 66.9 cm³/mol. The van der Waals surface area contributed by atoms with Gasteiger partial charge in [0.15, 0.2) is 0 Å². The Morgan fingerprint density at radius 1 is 1.41 bits per heavy atom. The fraction of sp³-hybridized carbons (Fsp3) is 0.923. The highest BCUT2D eigenvalue weighted by molar-refractivity contribution is 5.69. The lowest BCUT2D eigenvalue weighted by Crippen LogP contribution is -2.38. The van der Waals surface area contributed by atoms with Gasteiger partial charge in [-0.1, -0.05) is 0 Å². The second-order valence-corrected chi connectivity index (χ2v) is 4.66. The standard InChI is InChI=1S/C13H25NO3/c1-4-17-13(15)7-8-14(9-10-16-3)11(2)12-5-6-12/h11-12H,4-10H2,1-3H3. The first-order valence-electron chi connectivity index (χ1n) is 6.57. The van der Waals surface area contributed by atoms with Crippen LogP contribution in [0.1, 0.15) is 33.1 Å². The van der Waals surface area contributed by atoms with Gasteiger partial charge in [-0.2, -0.15) is 0 Å². The van der Waals surface area contributed by atoms with Gasteiger partial charge in [0.2, 0.25) is 0 Å². The van der Waals surface area contributed by atoms with Crippen LogP contribution in [-0.4, -0.2) is 50.3 Å². The van der Waals surface area contributed by atoms with Gasteiger partial charge in [0, 0.05) is 26.2 Å². The van der Waals surface area contributed by atoms with Gasteiger partial charge >= 0.3 is 5.97 Å². The minimum Gasteiger partial charge on any atom is -0.466 e. The Kier molecular flexibility index (Phi) is 6.52. The topological polar surface area (TPSA) is 38.8 Å². The van der Waals surface area contributed by atoms with Gasteiger partial charge in [0.05, 0.1) is 19.6 Å². The van der Waals surface area contributed by atoms with Crippen molar-refractivity contribution in [2.45, 2.75) is 39.2 Å². The summed E-state index contributed by atoms with van der Waals surface area (Å²) in [6.45, 7) is 6.95. The van der Waals surface area contributed by atoms with E-state index in [1.165, 1.54) is 12.8 Å². The van der Waals surface area contributed by atoms with E-state index >= 15 is 0 Å². The monoisotopic (exact) mass is 243 g/mol. The average Bonchev–Trinajstić information content (AvgIpc) is 3.12. The fourth-order valence-electron chi connectivity index (χ4n) is 2.07. The molecule has 0 aliphatic heterocycles. The van der Waals surface area contributed by atoms with Crippen LogP contribution in [0, 0.1) is 5.92 Å². The van der Waals surface area contributed by atoms with E-state index in [2.05, 4.69) is 11.8 Å². The van der Waals surface area contributed by atoms with Gasteiger partial charge in [-0.15, -0.1) is 0 Å². The molecule has 0 radical (unpaired) electrons. The third-order valence-electron chi connectivity index (χ3n) is 3.37. The van der Waals surface area contributed by atoms with Crippen molar-refractivity contribution >= 4 is 5.97 Å². The number of carbonyl (C=O) groups is 1. The van der Waals surface area contributed by atoms with Crippen LogP contribution in [-0.2, 0) is 14.3 Å². The molecule has 100 valence electrons. The average molecular weight is 243 g/mol. The van der Waals surface area contributed by atoms with Gasteiger partial charge in [0.25, 0.3) is 0 Å². The van der Waals surface area contributed by atoms with Gasteiger partial charge in [0.1, 0.15) is 0 Å². The van der Waals surface area contributed by atoms with E-state index in [0.717, 1.165) is 25.6 Å². The summed E-state index contributed by atoms with van der Waals surface area (Å²) in [7, 11) is 1.71. The Bertz CT molecular complexity index is 229. The zero-order valence-electron chi connectivity index (χ0n) is 11.3. The van der Waals surface area contributed by atoms with Crippen LogP contribution in [0.4, 0.5) is 0 Å². The summed E-state index contributed by atoms with van der Waals surface area (Å²) in [5.74, 6) is 0.715. The second kappa shape index (κ2) is 7.67. The zero-order valence-corrected chi connectivity index (χ0v) is 11.3. The number of rotatable bonds is 9. The van der Waals surface area contributed by atoms with E-state index in [1.807, 2.05) is 6.92 Å². The van der Waals surface area contributed by atoms with Crippen molar-refractivity contribution in [3.63, 3.8) is 0 Å². The van der Waals surface area contributed by atoms with Crippen molar-refractivity contribution < 1.29 is 14.3 Å². The van der Waals surface area contributed by atoms with Crippen molar-refractivity contribution in [1.82, 2.24) is 4.90 Å². The van der Waals surface area contributed by atoms with Crippen LogP contribution < -0.4 is 0 Å². The molecule has 1 atom stereocenters. The molecule has 0 aromatic rings. The summed E-state index contributed by atoms with van der Waals surface area (Å²) in [5.41, 5.74) is 0. The van der Waals surface area contributed by atoms with Crippen LogP contribution in [0.2, 0.25) is 0 Å². The van der Waals surface area contributed by atoms with Crippen molar-refractivity contribution in [1.29, 1.82) is 0 Å². The molecule has 0 saturated heterocycles. The Labute approximate surface area is 104 Å². The molecular formula is C13H25NO3. The molecule has 0 aromatic carbocycles. The summed E-state index contributed by atoms with van der Waals surface area (Å²) in [5, 5.41) is 0. The molecule has 0 aromatic heterocycles. The first-order valence-corrected chi connectivity index (χ1v) is 6.57. The lowest BCUT2D eigenvalue weighted by Gasteiger charge is -2.28. The third-order valence-corrected chi connectivity index (χ3v) is 3.37. The molecule has 0 N–H and O–H groups in total. The van der Waals surface area contributed by atoms with E-state index in [0.29, 0.717) is 19.1 Å². The molecule has 4 heteroatoms. The van der Waals surface area contributed by atoms with Crippen molar-refractivity contribution in [2.24, 2.45) is 5.92 Å². The highest BCUT2D eigenvalue weighted by Gasteiger charge is 2.31. The van der Waals surface area contributed by atoms with Crippen LogP contribution in [0.3, 0.4) is 0 Å². The van der Waals surface area contributed by atoms with Crippen molar-refractivity contribution in [2.75, 3.05) is 33.4 Å². The summed E-state index contributed by atoms with van der Waals surface area (Å²) in [4.78, 5) is 13.7. The molecule has 0 bridgehead atoms. The van der Waals surface area contributed by atoms with E-state index in [4.69, 9.17) is 9.47 Å². The van der Waals surface area contributed by atoms with Gasteiger partial charge < -0.3 is 9.47 Å². The zero-order chi connectivity index (χ0) is 12.7. The Morgan fingerprint density at radius 2 is 2.12 bits per heavy atom. The van der Waals surface area contributed by atoms with Crippen molar-refractivity contribution in [3.05, 3.63) is 0 Å². The molecule has 0 spiro atoms. The molecular weight excluding hydrogens is 218 g/mol. The maximum absolute atomic E-state index is 11.3.